The first-order valence-corrected chi connectivity index (χ1v) is 7.24. The van der Waals surface area contributed by atoms with Crippen LogP contribution >= 0.6 is 11.6 Å². The van der Waals surface area contributed by atoms with Crippen molar-refractivity contribution in [2.45, 2.75) is 51.8 Å². The van der Waals surface area contributed by atoms with Gasteiger partial charge in [0.25, 0.3) is 0 Å². The van der Waals surface area contributed by atoms with E-state index in [0.717, 1.165) is 0 Å². The third kappa shape index (κ3) is 1.80. The molecule has 2 aliphatic carbocycles. The van der Waals surface area contributed by atoms with E-state index in [4.69, 9.17) is 11.6 Å². The third-order valence-corrected chi connectivity index (χ3v) is 6.03. The van der Waals surface area contributed by atoms with Gasteiger partial charge in [-0.2, -0.15) is 0 Å². The molecule has 0 heterocycles. The molecule has 0 bridgehead atoms. The summed E-state index contributed by atoms with van der Waals surface area (Å²) in [5.41, 5.74) is 1.08. The summed E-state index contributed by atoms with van der Waals surface area (Å²) in [4.78, 5) is 10.3. The lowest BCUT2D eigenvalue weighted by atomic mass is 9.77. The Morgan fingerprint density at radius 3 is 2.22 bits per heavy atom. The summed E-state index contributed by atoms with van der Waals surface area (Å²) in [7, 11) is 0. The molecule has 18 heavy (non-hydrogen) atoms. The summed E-state index contributed by atoms with van der Waals surface area (Å²) in [6.45, 7) is 8.39. The van der Waals surface area contributed by atoms with Gasteiger partial charge >= 0.3 is 5.97 Å². The number of rotatable bonds is 2. The van der Waals surface area contributed by atoms with E-state index in [2.05, 4.69) is 19.9 Å². The molecule has 1 N–H and O–H groups in total. The molecular formula is C15H23ClO2. The molecule has 2 aliphatic rings. The van der Waals surface area contributed by atoms with E-state index in [-0.39, 0.29) is 11.3 Å². The molecule has 2 nitrogen and oxygen atoms in total. The lowest BCUT2D eigenvalue weighted by Gasteiger charge is -2.28. The summed E-state index contributed by atoms with van der Waals surface area (Å²) in [6.07, 6.45) is 5.88. The predicted octanol–water partition coefficient (Wildman–Crippen LogP) is 4.09. The smallest absolute Gasteiger partial charge is 0.325 e. The zero-order valence-corrected chi connectivity index (χ0v) is 12.4. The van der Waals surface area contributed by atoms with Gasteiger partial charge in [-0.25, -0.2) is 0 Å². The summed E-state index contributed by atoms with van der Waals surface area (Å²) < 4.78 is 0. The maximum absolute atomic E-state index is 11.4. The van der Waals surface area contributed by atoms with Crippen LogP contribution in [0.3, 0.4) is 0 Å². The number of halogens is 1. The molecule has 4 unspecified atom stereocenters. The summed E-state index contributed by atoms with van der Waals surface area (Å²) >= 11 is 6.31. The number of allylic oxidation sites excluding steroid dienone is 2. The highest BCUT2D eigenvalue weighted by Gasteiger charge is 2.74. The Morgan fingerprint density at radius 2 is 1.83 bits per heavy atom. The Balaban J connectivity index is 2.26. The highest BCUT2D eigenvalue weighted by Crippen LogP contribution is 2.67. The van der Waals surface area contributed by atoms with Crippen LogP contribution in [0, 0.1) is 23.2 Å². The molecule has 0 aromatic rings. The van der Waals surface area contributed by atoms with Crippen molar-refractivity contribution in [3.63, 3.8) is 0 Å². The fourth-order valence-electron chi connectivity index (χ4n) is 3.55. The molecular weight excluding hydrogens is 248 g/mol. The fourth-order valence-corrected chi connectivity index (χ4v) is 3.95. The fraction of sp³-hybridized carbons (Fsp3) is 0.800. The van der Waals surface area contributed by atoms with Crippen LogP contribution in [0.5, 0.6) is 0 Å². The van der Waals surface area contributed by atoms with Gasteiger partial charge < -0.3 is 5.11 Å². The topological polar surface area (TPSA) is 37.3 Å². The molecule has 0 aromatic heterocycles. The Labute approximate surface area is 114 Å². The standard InChI is InChI=1S/C15H23ClO2/c1-9-6-5-7-10(2)11(9)8-12-14(3,4)15(12,16)13(17)18/h8-10,12H,5-7H2,1-4H3,(H,17,18). The normalized spacial score (nSPS) is 42.5. The van der Waals surface area contributed by atoms with E-state index in [1.54, 1.807) is 0 Å². The van der Waals surface area contributed by atoms with E-state index >= 15 is 0 Å². The first-order valence-electron chi connectivity index (χ1n) is 6.86. The van der Waals surface area contributed by atoms with Gasteiger partial charge in [0.15, 0.2) is 4.87 Å². The van der Waals surface area contributed by atoms with Gasteiger partial charge in [0.05, 0.1) is 0 Å². The van der Waals surface area contributed by atoms with Gasteiger partial charge in [0.1, 0.15) is 0 Å². The highest BCUT2D eigenvalue weighted by molar-refractivity contribution is 6.37. The second kappa shape index (κ2) is 4.26. The molecule has 4 atom stereocenters. The molecule has 0 spiro atoms. The number of alkyl halides is 1. The number of carboxylic acids is 1. The van der Waals surface area contributed by atoms with Crippen LogP contribution in [0.2, 0.25) is 0 Å². The van der Waals surface area contributed by atoms with E-state index in [1.165, 1.54) is 24.8 Å². The number of hydrogen-bond acceptors (Lipinski definition) is 1. The van der Waals surface area contributed by atoms with Crippen molar-refractivity contribution in [1.29, 1.82) is 0 Å². The van der Waals surface area contributed by atoms with Crippen LogP contribution in [0.4, 0.5) is 0 Å². The molecule has 0 amide bonds. The second-order valence-electron chi connectivity index (χ2n) is 6.62. The van der Waals surface area contributed by atoms with Gasteiger partial charge in [0.2, 0.25) is 0 Å². The van der Waals surface area contributed by atoms with Crippen LogP contribution < -0.4 is 0 Å². The van der Waals surface area contributed by atoms with Crippen LogP contribution in [-0.2, 0) is 4.79 Å². The van der Waals surface area contributed by atoms with E-state index in [1.807, 2.05) is 13.8 Å². The minimum atomic E-state index is -1.10. The summed E-state index contributed by atoms with van der Waals surface area (Å²) in [5, 5.41) is 9.32. The van der Waals surface area contributed by atoms with Crippen LogP contribution in [0.15, 0.2) is 11.6 Å². The van der Waals surface area contributed by atoms with E-state index in [0.29, 0.717) is 11.8 Å². The Kier molecular flexibility index (Phi) is 3.30. The molecule has 0 aliphatic heterocycles. The van der Waals surface area contributed by atoms with Gasteiger partial charge in [0, 0.05) is 11.3 Å². The molecule has 2 fully saturated rings. The summed E-state index contributed by atoms with van der Waals surface area (Å²) in [5.74, 6) is 0.217. The highest BCUT2D eigenvalue weighted by atomic mass is 35.5. The van der Waals surface area contributed by atoms with Crippen LogP contribution in [0.25, 0.3) is 0 Å². The minimum absolute atomic E-state index is 0.0397. The van der Waals surface area contributed by atoms with Crippen molar-refractivity contribution in [1.82, 2.24) is 0 Å². The average molecular weight is 271 g/mol. The van der Waals surface area contributed by atoms with Gasteiger partial charge in [-0.3, -0.25) is 4.79 Å². The lowest BCUT2D eigenvalue weighted by Crippen LogP contribution is -2.22. The van der Waals surface area contributed by atoms with E-state index in [9.17, 15) is 9.90 Å². The number of carboxylic acid groups (broad SMARTS) is 1. The number of aliphatic carboxylic acids is 1. The van der Waals surface area contributed by atoms with Crippen molar-refractivity contribution in [2.75, 3.05) is 0 Å². The van der Waals surface area contributed by atoms with Crippen LogP contribution in [-0.4, -0.2) is 16.0 Å². The van der Waals surface area contributed by atoms with Gasteiger partial charge in [-0.15, -0.1) is 11.6 Å². The first kappa shape index (κ1) is 13.9. The van der Waals surface area contributed by atoms with E-state index < -0.39 is 10.8 Å². The number of carbonyl (C=O) groups is 1. The van der Waals surface area contributed by atoms with Crippen LogP contribution in [0.1, 0.15) is 47.0 Å². The molecule has 102 valence electrons. The zero-order valence-electron chi connectivity index (χ0n) is 11.7. The van der Waals surface area contributed by atoms with Crippen molar-refractivity contribution in [2.24, 2.45) is 23.2 Å². The van der Waals surface area contributed by atoms with Crippen molar-refractivity contribution in [3.05, 3.63) is 11.6 Å². The minimum Gasteiger partial charge on any atom is -0.480 e. The van der Waals surface area contributed by atoms with Gasteiger partial charge in [-0.05, 0) is 24.7 Å². The van der Waals surface area contributed by atoms with Gasteiger partial charge in [-0.1, -0.05) is 45.8 Å². The third-order valence-electron chi connectivity index (χ3n) is 5.14. The van der Waals surface area contributed by atoms with Crippen molar-refractivity contribution < 1.29 is 9.90 Å². The summed E-state index contributed by atoms with van der Waals surface area (Å²) in [6, 6.07) is 0. The zero-order chi connectivity index (χ0) is 13.7. The van der Waals surface area contributed by atoms with Crippen molar-refractivity contribution in [3.8, 4) is 0 Å². The monoisotopic (exact) mass is 270 g/mol. The molecule has 0 radical (unpaired) electrons. The maximum Gasteiger partial charge on any atom is 0.325 e. The Bertz CT molecular complexity index is 387. The van der Waals surface area contributed by atoms with Crippen molar-refractivity contribution >= 4 is 17.6 Å². The molecule has 0 saturated heterocycles. The average Bonchev–Trinajstić information content (AvgIpc) is 2.69. The largest absolute Gasteiger partial charge is 0.480 e. The number of hydrogen-bond donors (Lipinski definition) is 1. The second-order valence-corrected chi connectivity index (χ2v) is 7.21. The molecule has 2 rings (SSSR count). The molecule has 0 aromatic carbocycles. The quantitative estimate of drug-likeness (QED) is 0.606. The SMILES string of the molecule is CC1CCCC(C)C1=CC1C(C)(C)C1(Cl)C(=O)O. The first-order chi connectivity index (χ1) is 8.23. The maximum atomic E-state index is 11.4. The Hall–Kier alpha value is -0.500. The predicted molar refractivity (Wildman–Crippen MR) is 73.8 cm³/mol. The Morgan fingerprint density at radius 1 is 1.33 bits per heavy atom. The lowest BCUT2D eigenvalue weighted by molar-refractivity contribution is -0.138. The molecule has 3 heteroatoms. The molecule has 2 saturated carbocycles.